The van der Waals surface area contributed by atoms with Crippen molar-refractivity contribution in [2.75, 3.05) is 6.26 Å². The Morgan fingerprint density at radius 1 is 1.39 bits per heavy atom. The summed E-state index contributed by atoms with van der Waals surface area (Å²) in [5.41, 5.74) is 0.562. The second kappa shape index (κ2) is 4.78. The van der Waals surface area contributed by atoms with Gasteiger partial charge in [-0.3, -0.25) is 14.8 Å². The van der Waals surface area contributed by atoms with Gasteiger partial charge in [-0.15, -0.1) is 11.3 Å². The molecule has 0 atom stereocenters. The molecule has 0 radical (unpaired) electrons. The summed E-state index contributed by atoms with van der Waals surface area (Å²) in [6.07, 6.45) is 5.44. The molecule has 0 fully saturated rings. The number of rotatable bonds is 3. The SMILES string of the molecule is CS(=O)(=O)NC(=O)c1csc(-c2cnccn2)n1. The van der Waals surface area contributed by atoms with Crippen LogP contribution in [0.1, 0.15) is 10.5 Å². The number of nitrogens with one attached hydrogen (secondary N) is 1. The highest BCUT2D eigenvalue weighted by molar-refractivity contribution is 7.89. The van der Waals surface area contributed by atoms with E-state index >= 15 is 0 Å². The van der Waals surface area contributed by atoms with Crippen molar-refractivity contribution in [1.29, 1.82) is 0 Å². The third kappa shape index (κ3) is 3.08. The monoisotopic (exact) mass is 284 g/mol. The first-order valence-electron chi connectivity index (χ1n) is 4.70. The van der Waals surface area contributed by atoms with E-state index in [1.165, 1.54) is 35.3 Å². The Hall–Kier alpha value is -1.87. The second-order valence-electron chi connectivity index (χ2n) is 3.33. The molecular formula is C9H8N4O3S2. The van der Waals surface area contributed by atoms with Gasteiger partial charge >= 0.3 is 0 Å². The van der Waals surface area contributed by atoms with Crippen molar-refractivity contribution in [3.05, 3.63) is 29.7 Å². The fourth-order valence-corrected chi connectivity index (χ4v) is 2.33. The maximum Gasteiger partial charge on any atom is 0.284 e. The zero-order valence-corrected chi connectivity index (χ0v) is 10.8. The Balaban J connectivity index is 2.24. The zero-order chi connectivity index (χ0) is 13.2. The van der Waals surface area contributed by atoms with Crippen LogP contribution in [0, 0.1) is 0 Å². The van der Waals surface area contributed by atoms with E-state index in [0.717, 1.165) is 6.26 Å². The summed E-state index contributed by atoms with van der Waals surface area (Å²) in [6.45, 7) is 0. The Bertz CT molecular complexity index is 666. The summed E-state index contributed by atoms with van der Waals surface area (Å²) < 4.78 is 23.7. The van der Waals surface area contributed by atoms with Crippen LogP contribution >= 0.6 is 11.3 Å². The van der Waals surface area contributed by atoms with E-state index in [1.807, 2.05) is 4.72 Å². The molecule has 0 aliphatic rings. The van der Waals surface area contributed by atoms with Gasteiger partial charge in [-0.1, -0.05) is 0 Å². The third-order valence-corrected chi connectivity index (χ3v) is 3.22. The molecule has 18 heavy (non-hydrogen) atoms. The number of carbonyl (C=O) groups is 1. The molecule has 0 aliphatic carbocycles. The fraction of sp³-hybridized carbons (Fsp3) is 0.111. The van der Waals surface area contributed by atoms with Gasteiger partial charge < -0.3 is 0 Å². The lowest BCUT2D eigenvalue weighted by Crippen LogP contribution is -2.29. The predicted octanol–water partition coefficient (Wildman–Crippen LogP) is 0.289. The molecule has 0 unspecified atom stereocenters. The molecule has 0 bridgehead atoms. The van der Waals surface area contributed by atoms with Gasteiger partial charge in [0.05, 0.1) is 12.5 Å². The van der Waals surface area contributed by atoms with Gasteiger partial charge in [0.2, 0.25) is 10.0 Å². The highest BCUT2D eigenvalue weighted by atomic mass is 32.2. The van der Waals surface area contributed by atoms with Crippen molar-refractivity contribution in [3.63, 3.8) is 0 Å². The predicted molar refractivity (Wildman–Crippen MR) is 65.5 cm³/mol. The molecule has 2 rings (SSSR count). The van der Waals surface area contributed by atoms with Gasteiger partial charge in [0.1, 0.15) is 16.4 Å². The van der Waals surface area contributed by atoms with Crippen molar-refractivity contribution in [3.8, 4) is 10.7 Å². The van der Waals surface area contributed by atoms with Crippen LogP contribution in [0.15, 0.2) is 24.0 Å². The Labute approximate surface area is 107 Å². The van der Waals surface area contributed by atoms with Crippen LogP contribution in [-0.4, -0.2) is 35.5 Å². The number of thiazole rings is 1. The molecule has 2 aromatic heterocycles. The average molecular weight is 284 g/mol. The molecule has 2 aromatic rings. The first-order chi connectivity index (χ1) is 8.46. The van der Waals surface area contributed by atoms with E-state index in [9.17, 15) is 13.2 Å². The lowest BCUT2D eigenvalue weighted by Gasteiger charge is -1.98. The number of sulfonamides is 1. The van der Waals surface area contributed by atoms with E-state index in [4.69, 9.17) is 0 Å². The number of aromatic nitrogens is 3. The maximum atomic E-state index is 11.5. The molecule has 1 amide bonds. The van der Waals surface area contributed by atoms with Gasteiger partial charge in [-0.2, -0.15) is 0 Å². The number of carbonyl (C=O) groups excluding carboxylic acids is 1. The lowest BCUT2D eigenvalue weighted by atomic mass is 10.4. The molecule has 9 heteroatoms. The summed E-state index contributed by atoms with van der Waals surface area (Å²) >= 11 is 1.19. The summed E-state index contributed by atoms with van der Waals surface area (Å²) in [4.78, 5) is 23.4. The molecule has 94 valence electrons. The minimum Gasteiger partial charge on any atom is -0.266 e. The van der Waals surface area contributed by atoms with Crippen LogP contribution in [0.5, 0.6) is 0 Å². The first-order valence-corrected chi connectivity index (χ1v) is 7.47. The molecule has 0 saturated heterocycles. The van der Waals surface area contributed by atoms with E-state index < -0.39 is 15.9 Å². The summed E-state index contributed by atoms with van der Waals surface area (Å²) in [7, 11) is -3.59. The topological polar surface area (TPSA) is 102 Å². The van der Waals surface area contributed by atoms with Crippen LogP contribution in [0.2, 0.25) is 0 Å². The smallest absolute Gasteiger partial charge is 0.266 e. The minimum atomic E-state index is -3.59. The largest absolute Gasteiger partial charge is 0.284 e. The van der Waals surface area contributed by atoms with Crippen LogP contribution in [-0.2, 0) is 10.0 Å². The van der Waals surface area contributed by atoms with Crippen molar-refractivity contribution in [2.45, 2.75) is 0 Å². The van der Waals surface area contributed by atoms with Gasteiger partial charge in [0, 0.05) is 17.8 Å². The van der Waals surface area contributed by atoms with E-state index in [2.05, 4.69) is 15.0 Å². The minimum absolute atomic E-state index is 0.0334. The Morgan fingerprint density at radius 3 is 2.78 bits per heavy atom. The number of hydrogen-bond acceptors (Lipinski definition) is 7. The summed E-state index contributed by atoms with van der Waals surface area (Å²) in [5, 5.41) is 1.96. The lowest BCUT2D eigenvalue weighted by molar-refractivity contribution is 0.0977. The van der Waals surface area contributed by atoms with E-state index in [0.29, 0.717) is 10.7 Å². The highest BCUT2D eigenvalue weighted by Gasteiger charge is 2.15. The van der Waals surface area contributed by atoms with Gasteiger partial charge in [-0.25, -0.2) is 18.1 Å². The molecular weight excluding hydrogens is 276 g/mol. The van der Waals surface area contributed by atoms with Crippen LogP contribution < -0.4 is 4.72 Å². The van der Waals surface area contributed by atoms with Crippen LogP contribution in [0.25, 0.3) is 10.7 Å². The highest BCUT2D eigenvalue weighted by Crippen LogP contribution is 2.20. The molecule has 2 heterocycles. The zero-order valence-electron chi connectivity index (χ0n) is 9.19. The van der Waals surface area contributed by atoms with E-state index in [1.54, 1.807) is 0 Å². The van der Waals surface area contributed by atoms with Crippen molar-refractivity contribution in [2.24, 2.45) is 0 Å². The normalized spacial score (nSPS) is 11.2. The van der Waals surface area contributed by atoms with Gasteiger partial charge in [-0.05, 0) is 0 Å². The van der Waals surface area contributed by atoms with Crippen molar-refractivity contribution >= 4 is 27.3 Å². The Kier molecular flexibility index (Phi) is 3.34. The van der Waals surface area contributed by atoms with Crippen molar-refractivity contribution in [1.82, 2.24) is 19.7 Å². The quantitative estimate of drug-likeness (QED) is 0.869. The molecule has 0 aliphatic heterocycles. The molecule has 0 spiro atoms. The number of nitrogens with zero attached hydrogens (tertiary/aromatic N) is 3. The van der Waals surface area contributed by atoms with Gasteiger partial charge in [0.15, 0.2) is 0 Å². The fourth-order valence-electron chi connectivity index (χ4n) is 1.13. The average Bonchev–Trinajstić information content (AvgIpc) is 2.77. The number of amides is 1. The third-order valence-electron chi connectivity index (χ3n) is 1.80. The second-order valence-corrected chi connectivity index (χ2v) is 5.94. The van der Waals surface area contributed by atoms with Gasteiger partial charge in [0.25, 0.3) is 5.91 Å². The molecule has 0 aromatic carbocycles. The molecule has 1 N–H and O–H groups in total. The van der Waals surface area contributed by atoms with Crippen LogP contribution in [0.4, 0.5) is 0 Å². The molecule has 0 saturated carbocycles. The maximum absolute atomic E-state index is 11.5. The standard InChI is InChI=1S/C9H8N4O3S2/c1-18(15,16)13-8(14)7-5-17-9(12-7)6-4-10-2-3-11-6/h2-5H,1H3,(H,13,14). The first kappa shape index (κ1) is 12.6. The molecule has 7 nitrogen and oxygen atoms in total. The Morgan fingerprint density at radius 2 is 2.17 bits per heavy atom. The summed E-state index contributed by atoms with van der Waals surface area (Å²) in [5.74, 6) is -0.760. The van der Waals surface area contributed by atoms with Crippen LogP contribution in [0.3, 0.4) is 0 Å². The van der Waals surface area contributed by atoms with E-state index in [-0.39, 0.29) is 5.69 Å². The van der Waals surface area contributed by atoms with Crippen molar-refractivity contribution < 1.29 is 13.2 Å². The number of hydrogen-bond donors (Lipinski definition) is 1. The summed E-state index contributed by atoms with van der Waals surface area (Å²) in [6, 6.07) is 0.